The van der Waals surface area contributed by atoms with Crippen molar-refractivity contribution in [2.45, 2.75) is 150 Å². The number of nitrogens with one attached hydrogen (secondary N) is 4. The van der Waals surface area contributed by atoms with Gasteiger partial charge in [0.15, 0.2) is 0 Å². The molecule has 0 fully saturated rings. The Morgan fingerprint density at radius 2 is 1.07 bits per heavy atom. The number of amides is 4. The molecule has 0 heterocycles. The largest absolute Gasteiger partial charge is 0.481 e. The van der Waals surface area contributed by atoms with Crippen LogP contribution in [0.1, 0.15) is 102 Å². The Morgan fingerprint density at radius 3 is 1.51 bits per heavy atom. The van der Waals surface area contributed by atoms with Crippen LogP contribution in [0.25, 0.3) is 0 Å². The highest BCUT2D eigenvalue weighted by Gasteiger charge is 2.40. The molecule has 0 saturated heterocycles. The van der Waals surface area contributed by atoms with Crippen molar-refractivity contribution >= 4 is 35.8 Å². The number of carbonyl (C=O) groups excluding carboxylic acids is 5. The third-order valence-electron chi connectivity index (χ3n) is 8.79. The van der Waals surface area contributed by atoms with E-state index in [-0.39, 0.29) is 25.4 Å². The van der Waals surface area contributed by atoms with Crippen LogP contribution in [-0.2, 0) is 49.5 Å². The van der Waals surface area contributed by atoms with Gasteiger partial charge in [-0.15, -0.1) is 0 Å². The van der Waals surface area contributed by atoms with E-state index in [1.165, 1.54) is 12.1 Å². The summed E-state index contributed by atoms with van der Waals surface area (Å²) in [6.07, 6.45) is -2.18. The minimum absolute atomic E-state index is 0.0714. The van der Waals surface area contributed by atoms with Crippen molar-refractivity contribution in [2.75, 3.05) is 13.2 Å². The maximum absolute atomic E-state index is 14.2. The van der Waals surface area contributed by atoms with E-state index in [1.54, 1.807) is 132 Å². The van der Waals surface area contributed by atoms with E-state index < -0.39 is 101 Å². The summed E-state index contributed by atoms with van der Waals surface area (Å²) in [5, 5.41) is 20.6. The van der Waals surface area contributed by atoms with Gasteiger partial charge in [0, 0.05) is 0 Å². The Hall–Kier alpha value is -5.06. The SMILES string of the molecule is C[C@@H](OC(C)(C)C)[C@H](NC(=O)OCc1ccccc1)C(=O)N[C@@H](COC(C)(C)C)C(=O)N[C@@H](COC(C)(C)C)C(=O)N[C@@H](CC(C(=O)O)C(C)(C)C)C(=O)Oc1ccccc1. The molecule has 0 aliphatic carbocycles. The van der Waals surface area contributed by atoms with Crippen molar-refractivity contribution < 1.29 is 57.6 Å². The molecule has 0 aliphatic heterocycles. The maximum Gasteiger partial charge on any atom is 0.408 e. The second kappa shape index (κ2) is 22.7. The number of alkyl carbamates (subject to hydrolysis) is 1. The number of carbonyl (C=O) groups is 6. The van der Waals surface area contributed by atoms with E-state index in [4.69, 9.17) is 23.7 Å². The van der Waals surface area contributed by atoms with E-state index in [0.29, 0.717) is 0 Å². The molecular weight excluding hydrogens is 789 g/mol. The van der Waals surface area contributed by atoms with Gasteiger partial charge in [0.2, 0.25) is 17.7 Å². The molecule has 16 heteroatoms. The predicted molar refractivity (Wildman–Crippen MR) is 228 cm³/mol. The zero-order chi connectivity index (χ0) is 46.3. The summed E-state index contributed by atoms with van der Waals surface area (Å²) < 4.78 is 28.9. The number of esters is 1. The van der Waals surface area contributed by atoms with Crippen molar-refractivity contribution in [1.29, 1.82) is 0 Å². The molecule has 2 aromatic carbocycles. The predicted octanol–water partition coefficient (Wildman–Crippen LogP) is 5.31. The van der Waals surface area contributed by atoms with Crippen LogP contribution in [0.15, 0.2) is 60.7 Å². The molecule has 6 atom stereocenters. The Balaban J connectivity index is 2.49. The van der Waals surface area contributed by atoms with Gasteiger partial charge in [-0.05, 0) is 98.8 Å². The molecule has 16 nitrogen and oxygen atoms in total. The first-order valence-electron chi connectivity index (χ1n) is 20.4. The third kappa shape index (κ3) is 20.4. The second-order valence-corrected chi connectivity index (χ2v) is 18.9. The molecule has 5 N–H and O–H groups in total. The number of rotatable bonds is 20. The fourth-order valence-electron chi connectivity index (χ4n) is 5.70. The van der Waals surface area contributed by atoms with Gasteiger partial charge < -0.3 is 50.1 Å². The second-order valence-electron chi connectivity index (χ2n) is 18.9. The zero-order valence-corrected chi connectivity index (χ0v) is 38.0. The smallest absolute Gasteiger partial charge is 0.408 e. The van der Waals surface area contributed by atoms with Gasteiger partial charge in [0.1, 0.15) is 36.5 Å². The van der Waals surface area contributed by atoms with Crippen LogP contribution in [0, 0.1) is 11.3 Å². The van der Waals surface area contributed by atoms with Crippen LogP contribution >= 0.6 is 0 Å². The Bertz CT molecular complexity index is 1740. The van der Waals surface area contributed by atoms with Crippen LogP contribution in [-0.4, -0.2) is 101 Å². The highest BCUT2D eigenvalue weighted by molar-refractivity contribution is 5.95. The summed E-state index contributed by atoms with van der Waals surface area (Å²) in [7, 11) is 0. The first kappa shape index (κ1) is 52.1. The van der Waals surface area contributed by atoms with E-state index in [9.17, 15) is 33.9 Å². The Morgan fingerprint density at radius 1 is 0.607 bits per heavy atom. The van der Waals surface area contributed by atoms with Gasteiger partial charge in [-0.1, -0.05) is 69.3 Å². The van der Waals surface area contributed by atoms with Crippen LogP contribution < -0.4 is 26.0 Å². The fourth-order valence-corrected chi connectivity index (χ4v) is 5.70. The first-order valence-corrected chi connectivity index (χ1v) is 20.4. The van der Waals surface area contributed by atoms with E-state index >= 15 is 0 Å². The Labute approximate surface area is 360 Å². The minimum Gasteiger partial charge on any atom is -0.481 e. The molecule has 0 aliphatic rings. The van der Waals surface area contributed by atoms with Crippen LogP contribution in [0.2, 0.25) is 0 Å². The van der Waals surface area contributed by atoms with E-state index in [0.717, 1.165) is 5.56 Å². The summed E-state index contributed by atoms with van der Waals surface area (Å²) in [5.41, 5.74) is -2.43. The van der Waals surface area contributed by atoms with Gasteiger partial charge in [0.05, 0.1) is 42.0 Å². The normalized spacial score (nSPS) is 15.2. The quantitative estimate of drug-likeness (QED) is 0.0846. The standard InChI is InChI=1S/C45H68N4O12/c1-28(61-45(11,12)13)35(49-41(56)57-25-29-20-16-14-17-21-29)38(52)48-34(27-59-44(8,9)10)37(51)47-33(26-58-43(5,6)7)36(50)46-32(24-31(39(53)54)42(2,3)4)40(55)60-30-22-18-15-19-23-30/h14-23,28,31-35H,24-27H2,1-13H3,(H,46,50)(H,47,51)(H,48,52)(H,49,56)(H,53,54)/t28-,31?,32+,33+,34+,35+/m1/s1. The molecule has 0 bridgehead atoms. The van der Waals surface area contributed by atoms with Crippen LogP contribution in [0.4, 0.5) is 4.79 Å². The molecule has 340 valence electrons. The molecule has 0 aromatic heterocycles. The molecular formula is C45H68N4O12. The number of hydrogen-bond acceptors (Lipinski definition) is 11. The summed E-state index contributed by atoms with van der Waals surface area (Å²) in [5.74, 6) is -5.61. The van der Waals surface area contributed by atoms with Crippen molar-refractivity contribution in [2.24, 2.45) is 11.3 Å². The molecule has 2 rings (SSSR count). The number of para-hydroxylation sites is 1. The number of benzene rings is 2. The third-order valence-corrected chi connectivity index (χ3v) is 8.79. The highest BCUT2D eigenvalue weighted by atomic mass is 16.6. The Kier molecular flexibility index (Phi) is 19.4. The number of carboxylic acid groups (broad SMARTS) is 1. The summed E-state index contributed by atoms with van der Waals surface area (Å²) >= 11 is 0. The van der Waals surface area contributed by atoms with Crippen LogP contribution in [0.5, 0.6) is 5.75 Å². The molecule has 0 spiro atoms. The number of aliphatic carboxylic acids is 1. The zero-order valence-electron chi connectivity index (χ0n) is 38.0. The van der Waals surface area contributed by atoms with Crippen molar-refractivity contribution in [3.8, 4) is 5.75 Å². The van der Waals surface area contributed by atoms with Gasteiger partial charge in [0.25, 0.3) is 0 Å². The maximum atomic E-state index is 14.2. The van der Waals surface area contributed by atoms with Gasteiger partial charge in [-0.2, -0.15) is 0 Å². The van der Waals surface area contributed by atoms with E-state index in [1.807, 2.05) is 6.07 Å². The lowest BCUT2D eigenvalue weighted by Gasteiger charge is -2.33. The van der Waals surface area contributed by atoms with Gasteiger partial charge >= 0.3 is 18.0 Å². The molecule has 1 unspecified atom stereocenters. The number of hydrogen-bond donors (Lipinski definition) is 5. The summed E-state index contributed by atoms with van der Waals surface area (Å²) in [6, 6.07) is 11.3. The summed E-state index contributed by atoms with van der Waals surface area (Å²) in [6.45, 7) is 21.7. The van der Waals surface area contributed by atoms with Crippen LogP contribution in [0.3, 0.4) is 0 Å². The summed E-state index contributed by atoms with van der Waals surface area (Å²) in [4.78, 5) is 81.6. The lowest BCUT2D eigenvalue weighted by atomic mass is 9.77. The number of ether oxygens (including phenoxy) is 5. The monoisotopic (exact) mass is 856 g/mol. The highest BCUT2D eigenvalue weighted by Crippen LogP contribution is 2.30. The van der Waals surface area contributed by atoms with Gasteiger partial charge in [-0.25, -0.2) is 9.59 Å². The van der Waals surface area contributed by atoms with E-state index in [2.05, 4.69) is 21.3 Å². The molecule has 4 amide bonds. The van der Waals surface area contributed by atoms with Crippen molar-refractivity contribution in [3.63, 3.8) is 0 Å². The lowest BCUT2D eigenvalue weighted by molar-refractivity contribution is -0.148. The topological polar surface area (TPSA) is 217 Å². The van der Waals surface area contributed by atoms with Crippen molar-refractivity contribution in [1.82, 2.24) is 21.3 Å². The molecule has 2 aromatic rings. The van der Waals surface area contributed by atoms with Crippen molar-refractivity contribution in [3.05, 3.63) is 66.2 Å². The average molecular weight is 857 g/mol. The lowest BCUT2D eigenvalue weighted by Crippen LogP contribution is -2.62. The average Bonchev–Trinajstić information content (AvgIpc) is 3.13. The molecule has 0 radical (unpaired) electrons. The molecule has 0 saturated carbocycles. The number of carboxylic acids is 1. The molecule has 61 heavy (non-hydrogen) atoms. The van der Waals surface area contributed by atoms with Gasteiger partial charge in [-0.3, -0.25) is 19.2 Å². The fraction of sp³-hybridized carbons (Fsp3) is 0.600. The first-order chi connectivity index (χ1) is 28.0. The minimum atomic E-state index is -1.48.